The molecule has 2 atom stereocenters. The van der Waals surface area contributed by atoms with Gasteiger partial charge in [-0.3, -0.25) is 4.79 Å². The van der Waals surface area contributed by atoms with Crippen molar-refractivity contribution in [2.24, 2.45) is 0 Å². The molecule has 4 rings (SSSR count). The quantitative estimate of drug-likeness (QED) is 0.829. The van der Waals surface area contributed by atoms with Crippen molar-refractivity contribution in [1.82, 2.24) is 19.5 Å². The lowest BCUT2D eigenvalue weighted by Gasteiger charge is -2.34. The number of nitrogens with zero attached hydrogens (tertiary/aromatic N) is 5. The predicted octanol–water partition coefficient (Wildman–Crippen LogP) is 1.55. The summed E-state index contributed by atoms with van der Waals surface area (Å²) < 4.78 is 2.03. The number of aryl methyl sites for hydroxylation is 1. The zero-order valence-corrected chi connectivity index (χ0v) is 11.5. The molecular formula is C14H17N5O. The molecule has 2 aromatic rings. The number of imidazole rings is 1. The summed E-state index contributed by atoms with van der Waals surface area (Å²) in [4.78, 5) is 27.4. The third kappa shape index (κ3) is 1.57. The molecule has 2 aliphatic rings. The maximum Gasteiger partial charge on any atom is 0.165 e. The zero-order chi connectivity index (χ0) is 13.7. The maximum absolute atomic E-state index is 11.7. The standard InChI is InChI=1S/C14H17N5O/c1-2-18-8-17-12-13(18)15-7-16-14(12)19-9-3-4-10(19)6-11(20)5-9/h7-10H,2-6H2,1H3/t9-,10-/m0/s1. The van der Waals surface area contributed by atoms with Crippen LogP contribution in [-0.4, -0.2) is 37.4 Å². The van der Waals surface area contributed by atoms with Crippen molar-refractivity contribution >= 4 is 22.8 Å². The van der Waals surface area contributed by atoms with Crippen LogP contribution in [0.5, 0.6) is 0 Å². The normalized spacial score (nSPS) is 25.6. The predicted molar refractivity (Wildman–Crippen MR) is 74.5 cm³/mol. The number of Topliss-reactive ketones (excluding diaryl/α,β-unsaturated/α-hetero) is 1. The van der Waals surface area contributed by atoms with Crippen LogP contribution in [0.3, 0.4) is 0 Å². The molecule has 2 saturated heterocycles. The monoisotopic (exact) mass is 271 g/mol. The van der Waals surface area contributed by atoms with Gasteiger partial charge in [0.1, 0.15) is 12.1 Å². The van der Waals surface area contributed by atoms with Crippen LogP contribution in [0.15, 0.2) is 12.7 Å². The number of hydrogen-bond acceptors (Lipinski definition) is 5. The van der Waals surface area contributed by atoms with E-state index in [9.17, 15) is 4.79 Å². The number of fused-ring (bicyclic) bond motifs is 3. The Kier molecular flexibility index (Phi) is 2.52. The van der Waals surface area contributed by atoms with Crippen molar-refractivity contribution in [2.45, 2.75) is 51.2 Å². The molecule has 0 amide bonds. The lowest BCUT2D eigenvalue weighted by molar-refractivity contribution is -0.120. The van der Waals surface area contributed by atoms with Crippen molar-refractivity contribution in [3.05, 3.63) is 12.7 Å². The molecule has 104 valence electrons. The van der Waals surface area contributed by atoms with Gasteiger partial charge in [-0.1, -0.05) is 0 Å². The van der Waals surface area contributed by atoms with E-state index in [1.54, 1.807) is 6.33 Å². The van der Waals surface area contributed by atoms with Gasteiger partial charge in [-0.25, -0.2) is 15.0 Å². The maximum atomic E-state index is 11.7. The van der Waals surface area contributed by atoms with Crippen molar-refractivity contribution < 1.29 is 4.79 Å². The van der Waals surface area contributed by atoms with Crippen LogP contribution in [0.25, 0.3) is 11.2 Å². The highest BCUT2D eigenvalue weighted by atomic mass is 16.1. The van der Waals surface area contributed by atoms with E-state index in [0.29, 0.717) is 30.7 Å². The first-order valence-corrected chi connectivity index (χ1v) is 7.23. The average molecular weight is 271 g/mol. The summed E-state index contributed by atoms with van der Waals surface area (Å²) in [6.45, 7) is 2.92. The molecule has 0 N–H and O–H groups in total. The Hall–Kier alpha value is -1.98. The Balaban J connectivity index is 1.83. The van der Waals surface area contributed by atoms with Gasteiger partial charge in [0, 0.05) is 31.5 Å². The van der Waals surface area contributed by atoms with Crippen LogP contribution < -0.4 is 4.90 Å². The first kappa shape index (κ1) is 11.8. The Morgan fingerprint density at radius 3 is 2.65 bits per heavy atom. The van der Waals surface area contributed by atoms with Crippen molar-refractivity contribution in [2.75, 3.05) is 4.90 Å². The fourth-order valence-electron chi connectivity index (χ4n) is 3.61. The molecule has 6 nitrogen and oxygen atoms in total. The molecule has 2 aliphatic heterocycles. The van der Waals surface area contributed by atoms with Crippen molar-refractivity contribution in [1.29, 1.82) is 0 Å². The van der Waals surface area contributed by atoms with Gasteiger partial charge in [-0.05, 0) is 19.8 Å². The van der Waals surface area contributed by atoms with Gasteiger partial charge in [-0.2, -0.15) is 0 Å². The van der Waals surface area contributed by atoms with E-state index in [0.717, 1.165) is 36.4 Å². The molecule has 0 aromatic carbocycles. The number of rotatable bonds is 2. The minimum atomic E-state index is 0.297. The fourth-order valence-corrected chi connectivity index (χ4v) is 3.61. The van der Waals surface area contributed by atoms with Gasteiger partial charge in [0.2, 0.25) is 0 Å². The van der Waals surface area contributed by atoms with Gasteiger partial charge >= 0.3 is 0 Å². The van der Waals surface area contributed by atoms with Crippen LogP contribution in [0.2, 0.25) is 0 Å². The highest BCUT2D eigenvalue weighted by Gasteiger charge is 2.41. The average Bonchev–Trinajstić information content (AvgIpc) is 2.98. The summed E-state index contributed by atoms with van der Waals surface area (Å²) >= 11 is 0. The van der Waals surface area contributed by atoms with Crippen LogP contribution in [0.4, 0.5) is 5.82 Å². The Morgan fingerprint density at radius 1 is 1.20 bits per heavy atom. The second-order valence-electron chi connectivity index (χ2n) is 5.64. The minimum absolute atomic E-state index is 0.297. The first-order valence-electron chi connectivity index (χ1n) is 7.23. The van der Waals surface area contributed by atoms with Gasteiger partial charge in [0.05, 0.1) is 6.33 Å². The fraction of sp³-hybridized carbons (Fsp3) is 0.571. The third-order valence-corrected chi connectivity index (χ3v) is 4.51. The number of aromatic nitrogens is 4. The highest BCUT2D eigenvalue weighted by Crippen LogP contribution is 2.38. The lowest BCUT2D eigenvalue weighted by atomic mass is 10.0. The number of carbonyl (C=O) groups is 1. The molecule has 0 saturated carbocycles. The van der Waals surface area contributed by atoms with E-state index in [2.05, 4.69) is 26.8 Å². The van der Waals surface area contributed by atoms with Crippen LogP contribution in [0.1, 0.15) is 32.6 Å². The summed E-state index contributed by atoms with van der Waals surface area (Å²) in [6.07, 6.45) is 6.89. The molecule has 2 fully saturated rings. The molecule has 20 heavy (non-hydrogen) atoms. The molecule has 0 aliphatic carbocycles. The molecule has 0 unspecified atom stereocenters. The molecule has 2 bridgehead atoms. The SMILES string of the molecule is CCn1cnc2c(N3[C@H]4CC[C@H]3CC(=O)C4)ncnc21. The van der Waals surface area contributed by atoms with Gasteiger partial charge < -0.3 is 9.47 Å². The smallest absolute Gasteiger partial charge is 0.165 e. The Morgan fingerprint density at radius 2 is 1.95 bits per heavy atom. The largest absolute Gasteiger partial charge is 0.348 e. The molecule has 0 spiro atoms. The molecule has 0 radical (unpaired) electrons. The second kappa shape index (κ2) is 4.26. The van der Waals surface area contributed by atoms with E-state index in [4.69, 9.17) is 0 Å². The molecule has 6 heteroatoms. The zero-order valence-electron chi connectivity index (χ0n) is 11.5. The second-order valence-corrected chi connectivity index (χ2v) is 5.64. The van der Waals surface area contributed by atoms with Crippen LogP contribution in [0, 0.1) is 0 Å². The minimum Gasteiger partial charge on any atom is -0.348 e. The third-order valence-electron chi connectivity index (χ3n) is 4.51. The number of anilines is 1. The number of piperidine rings is 1. The Labute approximate surface area is 116 Å². The number of ketones is 1. The molecular weight excluding hydrogens is 254 g/mol. The summed E-state index contributed by atoms with van der Waals surface area (Å²) in [5, 5.41) is 0. The summed E-state index contributed by atoms with van der Waals surface area (Å²) in [5.41, 5.74) is 1.74. The van der Waals surface area contributed by atoms with E-state index in [1.165, 1.54) is 0 Å². The van der Waals surface area contributed by atoms with Gasteiger partial charge in [0.15, 0.2) is 17.0 Å². The van der Waals surface area contributed by atoms with Gasteiger partial charge in [0.25, 0.3) is 0 Å². The summed E-state index contributed by atoms with van der Waals surface area (Å²) in [7, 11) is 0. The highest BCUT2D eigenvalue weighted by molar-refractivity contribution is 5.87. The topological polar surface area (TPSA) is 63.9 Å². The van der Waals surface area contributed by atoms with E-state index < -0.39 is 0 Å². The molecule has 2 aromatic heterocycles. The van der Waals surface area contributed by atoms with E-state index in [-0.39, 0.29) is 0 Å². The molecule has 4 heterocycles. The number of carbonyl (C=O) groups excluding carboxylic acids is 1. The van der Waals surface area contributed by atoms with Crippen LogP contribution >= 0.6 is 0 Å². The summed E-state index contributed by atoms with van der Waals surface area (Å²) in [5.74, 6) is 1.29. The van der Waals surface area contributed by atoms with E-state index in [1.807, 2.05) is 10.9 Å². The summed E-state index contributed by atoms with van der Waals surface area (Å²) in [6, 6.07) is 0.595. The lowest BCUT2D eigenvalue weighted by Crippen LogP contribution is -2.43. The number of hydrogen-bond donors (Lipinski definition) is 0. The van der Waals surface area contributed by atoms with Gasteiger partial charge in [-0.15, -0.1) is 0 Å². The first-order chi connectivity index (χ1) is 9.78. The van der Waals surface area contributed by atoms with E-state index >= 15 is 0 Å². The van der Waals surface area contributed by atoms with Crippen molar-refractivity contribution in [3.8, 4) is 0 Å². The van der Waals surface area contributed by atoms with Crippen molar-refractivity contribution in [3.63, 3.8) is 0 Å². The Bertz CT molecular complexity index is 663. The van der Waals surface area contributed by atoms with Crippen LogP contribution in [-0.2, 0) is 11.3 Å².